The summed E-state index contributed by atoms with van der Waals surface area (Å²) < 4.78 is 15.9. The minimum atomic E-state index is -0.570. The molecule has 2 aromatic carbocycles. The highest BCUT2D eigenvalue weighted by Crippen LogP contribution is 2.28. The summed E-state index contributed by atoms with van der Waals surface area (Å²) >= 11 is 0. The van der Waals surface area contributed by atoms with E-state index in [1.165, 1.54) is 0 Å². The van der Waals surface area contributed by atoms with E-state index >= 15 is 0 Å². The summed E-state index contributed by atoms with van der Waals surface area (Å²) in [4.78, 5) is 28.2. The molecule has 0 spiro atoms. The van der Waals surface area contributed by atoms with Gasteiger partial charge in [0.2, 0.25) is 11.8 Å². The first kappa shape index (κ1) is 27.0. The second-order valence-electron chi connectivity index (χ2n) is 9.22. The number of rotatable bonds is 11. The Hall–Kier alpha value is -3.22. The second kappa shape index (κ2) is 12.3. The lowest BCUT2D eigenvalue weighted by Crippen LogP contribution is -2.53. The number of aryl methyl sites for hydroxylation is 1. The number of carbonyl (C=O) groups excluding carboxylic acids is 2. The monoisotopic (exact) mass is 470 g/mol. The number of benzene rings is 2. The summed E-state index contributed by atoms with van der Waals surface area (Å²) in [5, 5.41) is 3.03. The predicted octanol–water partition coefficient (Wildman–Crippen LogP) is 4.37. The Bertz CT molecular complexity index is 950. The number of amides is 2. The van der Waals surface area contributed by atoms with Gasteiger partial charge in [0.1, 0.15) is 11.8 Å². The van der Waals surface area contributed by atoms with Crippen molar-refractivity contribution in [3.8, 4) is 17.2 Å². The molecule has 0 aliphatic heterocycles. The van der Waals surface area contributed by atoms with E-state index in [4.69, 9.17) is 14.2 Å². The largest absolute Gasteiger partial charge is 0.497 e. The van der Waals surface area contributed by atoms with Crippen molar-refractivity contribution in [3.63, 3.8) is 0 Å². The zero-order valence-electron chi connectivity index (χ0n) is 21.4. The molecule has 186 valence electrons. The highest BCUT2D eigenvalue weighted by Gasteiger charge is 2.30. The molecule has 0 heterocycles. The second-order valence-corrected chi connectivity index (χ2v) is 9.22. The lowest BCUT2D eigenvalue weighted by Gasteiger charge is -2.33. The molecule has 0 saturated carbocycles. The molecule has 0 fully saturated rings. The molecule has 0 radical (unpaired) electrons. The molecule has 2 aromatic rings. The molecule has 0 unspecified atom stereocenters. The van der Waals surface area contributed by atoms with E-state index in [1.807, 2.05) is 70.2 Å². The van der Waals surface area contributed by atoms with Crippen molar-refractivity contribution in [2.75, 3.05) is 21.3 Å². The molecule has 0 aliphatic rings. The van der Waals surface area contributed by atoms with Gasteiger partial charge in [-0.15, -0.1) is 0 Å². The molecule has 0 aromatic heterocycles. The standard InChI is InChI=1S/C27H38N2O5/c1-8-22(26(31)28-27(2,3)4)29(18-20-9-13-21(32-5)14-10-20)25(30)16-12-19-11-15-23(33-6)24(17-19)34-7/h9-11,13-15,17,22H,8,12,16,18H2,1-7H3,(H,28,31)/t22-/m1/s1. The molecule has 1 atom stereocenters. The first-order valence-corrected chi connectivity index (χ1v) is 11.6. The molecule has 2 rings (SSSR count). The van der Waals surface area contributed by atoms with Crippen LogP contribution in [0.3, 0.4) is 0 Å². The van der Waals surface area contributed by atoms with Gasteiger partial charge in [-0.1, -0.05) is 25.1 Å². The Morgan fingerprint density at radius 2 is 1.53 bits per heavy atom. The lowest BCUT2D eigenvalue weighted by molar-refractivity contribution is -0.142. The third kappa shape index (κ3) is 7.68. The molecule has 7 heteroatoms. The molecule has 0 saturated heterocycles. The molecule has 1 N–H and O–H groups in total. The third-order valence-corrected chi connectivity index (χ3v) is 5.47. The van der Waals surface area contributed by atoms with Gasteiger partial charge in [-0.25, -0.2) is 0 Å². The lowest BCUT2D eigenvalue weighted by atomic mass is 10.0. The molecule has 0 aliphatic carbocycles. The third-order valence-electron chi connectivity index (χ3n) is 5.47. The Labute approximate surface area is 203 Å². The summed E-state index contributed by atoms with van der Waals surface area (Å²) in [6, 6.07) is 12.6. The SMILES string of the molecule is CC[C@H](C(=O)NC(C)(C)C)N(Cc1ccc(OC)cc1)C(=O)CCc1ccc(OC)c(OC)c1. The summed E-state index contributed by atoms with van der Waals surface area (Å²) in [6.45, 7) is 8.07. The Balaban J connectivity index is 2.25. The van der Waals surface area contributed by atoms with Gasteiger partial charge in [-0.2, -0.15) is 0 Å². The topological polar surface area (TPSA) is 77.1 Å². The van der Waals surface area contributed by atoms with Crippen LogP contribution in [-0.4, -0.2) is 49.6 Å². The maximum atomic E-state index is 13.5. The normalized spacial score (nSPS) is 12.0. The summed E-state index contributed by atoms with van der Waals surface area (Å²) in [5.74, 6) is 1.78. The predicted molar refractivity (Wildman–Crippen MR) is 133 cm³/mol. The van der Waals surface area contributed by atoms with Crippen LogP contribution in [0.25, 0.3) is 0 Å². The number of nitrogens with one attached hydrogen (secondary N) is 1. The van der Waals surface area contributed by atoms with Gasteiger partial charge in [-0.05, 0) is 69.0 Å². The minimum Gasteiger partial charge on any atom is -0.497 e. The van der Waals surface area contributed by atoms with Crippen LogP contribution in [0.15, 0.2) is 42.5 Å². The van der Waals surface area contributed by atoms with Gasteiger partial charge >= 0.3 is 0 Å². The Morgan fingerprint density at radius 3 is 2.06 bits per heavy atom. The van der Waals surface area contributed by atoms with Crippen molar-refractivity contribution in [2.45, 2.75) is 65.1 Å². The fourth-order valence-electron chi connectivity index (χ4n) is 3.73. The minimum absolute atomic E-state index is 0.0819. The van der Waals surface area contributed by atoms with Gasteiger partial charge in [-0.3, -0.25) is 9.59 Å². The molecular weight excluding hydrogens is 432 g/mol. The molecular formula is C27H38N2O5. The first-order valence-electron chi connectivity index (χ1n) is 11.6. The van der Waals surface area contributed by atoms with Crippen molar-refractivity contribution in [1.29, 1.82) is 0 Å². The number of ether oxygens (including phenoxy) is 3. The van der Waals surface area contributed by atoms with Crippen LogP contribution in [0.2, 0.25) is 0 Å². The highest BCUT2D eigenvalue weighted by atomic mass is 16.5. The van der Waals surface area contributed by atoms with Gasteiger partial charge in [0.05, 0.1) is 21.3 Å². The number of carbonyl (C=O) groups is 2. The van der Waals surface area contributed by atoms with E-state index in [9.17, 15) is 9.59 Å². The summed E-state index contributed by atoms with van der Waals surface area (Å²) in [6.07, 6.45) is 1.31. The number of hydrogen-bond donors (Lipinski definition) is 1. The van der Waals surface area contributed by atoms with E-state index in [2.05, 4.69) is 5.32 Å². The highest BCUT2D eigenvalue weighted by molar-refractivity contribution is 5.88. The van der Waals surface area contributed by atoms with E-state index < -0.39 is 6.04 Å². The molecule has 34 heavy (non-hydrogen) atoms. The average molecular weight is 471 g/mol. The van der Waals surface area contributed by atoms with Crippen molar-refractivity contribution >= 4 is 11.8 Å². The smallest absolute Gasteiger partial charge is 0.243 e. The van der Waals surface area contributed by atoms with Crippen molar-refractivity contribution < 1.29 is 23.8 Å². The van der Waals surface area contributed by atoms with Crippen LogP contribution >= 0.6 is 0 Å². The van der Waals surface area contributed by atoms with Crippen molar-refractivity contribution in [1.82, 2.24) is 10.2 Å². The first-order chi connectivity index (χ1) is 16.1. The van der Waals surface area contributed by atoms with E-state index in [1.54, 1.807) is 26.2 Å². The fourth-order valence-corrected chi connectivity index (χ4v) is 3.73. The molecule has 2 amide bonds. The van der Waals surface area contributed by atoms with Gasteiger partial charge in [0, 0.05) is 18.5 Å². The van der Waals surface area contributed by atoms with Crippen LogP contribution < -0.4 is 19.5 Å². The van der Waals surface area contributed by atoms with Gasteiger partial charge < -0.3 is 24.4 Å². The van der Waals surface area contributed by atoms with Gasteiger partial charge in [0.25, 0.3) is 0 Å². The van der Waals surface area contributed by atoms with Crippen LogP contribution in [0, 0.1) is 0 Å². The van der Waals surface area contributed by atoms with E-state index in [0.29, 0.717) is 30.9 Å². The van der Waals surface area contributed by atoms with Crippen molar-refractivity contribution in [3.05, 3.63) is 53.6 Å². The zero-order valence-corrected chi connectivity index (χ0v) is 21.4. The van der Waals surface area contributed by atoms with Crippen LogP contribution in [0.5, 0.6) is 17.2 Å². The van der Waals surface area contributed by atoms with E-state index in [-0.39, 0.29) is 23.8 Å². The maximum absolute atomic E-state index is 13.5. The quantitative estimate of drug-likeness (QED) is 0.528. The van der Waals surface area contributed by atoms with Crippen molar-refractivity contribution in [2.24, 2.45) is 0 Å². The van der Waals surface area contributed by atoms with Crippen LogP contribution in [0.4, 0.5) is 0 Å². The van der Waals surface area contributed by atoms with Crippen LogP contribution in [0.1, 0.15) is 51.7 Å². The maximum Gasteiger partial charge on any atom is 0.243 e. The number of hydrogen-bond acceptors (Lipinski definition) is 5. The summed E-state index contributed by atoms with van der Waals surface area (Å²) in [7, 11) is 4.79. The van der Waals surface area contributed by atoms with Gasteiger partial charge in [0.15, 0.2) is 11.5 Å². The fraction of sp³-hybridized carbons (Fsp3) is 0.481. The molecule has 0 bridgehead atoms. The van der Waals surface area contributed by atoms with Crippen LogP contribution in [-0.2, 0) is 22.6 Å². The van der Waals surface area contributed by atoms with E-state index in [0.717, 1.165) is 16.9 Å². The summed E-state index contributed by atoms with van der Waals surface area (Å²) in [5.41, 5.74) is 1.50. The number of methoxy groups -OCH3 is 3. The molecule has 7 nitrogen and oxygen atoms in total. The average Bonchev–Trinajstić information content (AvgIpc) is 2.81. The zero-order chi connectivity index (χ0) is 25.3. The Morgan fingerprint density at radius 1 is 0.912 bits per heavy atom. The number of nitrogens with zero attached hydrogens (tertiary/aromatic N) is 1. The Kier molecular flexibility index (Phi) is 9.78.